The lowest BCUT2D eigenvalue weighted by Gasteiger charge is -2.42. The van der Waals surface area contributed by atoms with Crippen LogP contribution in [0, 0.1) is 5.82 Å². The molecule has 1 atom stereocenters. The molecule has 0 aromatic carbocycles. The van der Waals surface area contributed by atoms with Crippen LogP contribution in [0.25, 0.3) is 11.3 Å². The fourth-order valence-corrected chi connectivity index (χ4v) is 4.16. The van der Waals surface area contributed by atoms with Crippen molar-refractivity contribution in [1.29, 1.82) is 0 Å². The van der Waals surface area contributed by atoms with E-state index in [0.717, 1.165) is 0 Å². The van der Waals surface area contributed by atoms with E-state index in [0.29, 0.717) is 63.6 Å². The maximum Gasteiger partial charge on any atom is 0.228 e. The van der Waals surface area contributed by atoms with E-state index in [4.69, 9.17) is 10.5 Å². The van der Waals surface area contributed by atoms with Crippen LogP contribution in [0.1, 0.15) is 26.2 Å². The molecule has 2 aliphatic rings. The average Bonchev–Trinajstić information content (AvgIpc) is 2.86. The van der Waals surface area contributed by atoms with Gasteiger partial charge in [-0.25, -0.2) is 19.3 Å². The number of aliphatic hydroxyl groups excluding tert-OH is 1. The van der Waals surface area contributed by atoms with Crippen molar-refractivity contribution < 1.29 is 19.0 Å². The molecule has 1 amide bonds. The van der Waals surface area contributed by atoms with Gasteiger partial charge in [-0.15, -0.1) is 0 Å². The summed E-state index contributed by atoms with van der Waals surface area (Å²) in [5.41, 5.74) is 5.04. The van der Waals surface area contributed by atoms with E-state index in [1.165, 1.54) is 12.4 Å². The number of nitrogens with one attached hydrogen (secondary N) is 1. The maximum absolute atomic E-state index is 15.7. The molecule has 178 valence electrons. The van der Waals surface area contributed by atoms with Crippen molar-refractivity contribution in [3.63, 3.8) is 0 Å². The molecule has 0 aliphatic carbocycles. The Kier molecular flexibility index (Phi) is 6.84. The number of morpholine rings is 1. The van der Waals surface area contributed by atoms with Crippen LogP contribution in [0.3, 0.4) is 0 Å². The summed E-state index contributed by atoms with van der Waals surface area (Å²) in [6, 6.07) is 0. The summed E-state index contributed by atoms with van der Waals surface area (Å²) in [4.78, 5) is 32.7. The normalized spacial score (nSPS) is 21.2. The highest BCUT2D eigenvalue weighted by Crippen LogP contribution is 2.32. The van der Waals surface area contributed by atoms with Gasteiger partial charge < -0.3 is 30.7 Å². The molecule has 4 heterocycles. The number of carbonyl (C=O) groups is 1. The molecule has 2 aromatic rings. The summed E-state index contributed by atoms with van der Waals surface area (Å²) in [6.45, 7) is 4.53. The fourth-order valence-electron chi connectivity index (χ4n) is 4.16. The number of halogens is 1. The van der Waals surface area contributed by atoms with E-state index in [-0.39, 0.29) is 36.5 Å². The number of amides is 1. The second-order valence-electron chi connectivity index (χ2n) is 8.30. The van der Waals surface area contributed by atoms with Crippen molar-refractivity contribution in [2.75, 3.05) is 62.0 Å². The number of nitrogens with two attached hydrogens (primary N) is 1. The summed E-state index contributed by atoms with van der Waals surface area (Å²) in [5.74, 6) is -0.335. The predicted octanol–water partition coefficient (Wildman–Crippen LogP) is 0.667. The molecule has 2 aromatic heterocycles. The number of anilines is 3. The number of piperidine rings is 1. The van der Waals surface area contributed by atoms with Gasteiger partial charge in [0.2, 0.25) is 17.8 Å². The molecule has 2 aliphatic heterocycles. The Morgan fingerprint density at radius 2 is 2.00 bits per heavy atom. The molecule has 2 fully saturated rings. The minimum atomic E-state index is -0.921. The van der Waals surface area contributed by atoms with E-state index in [1.807, 2.05) is 4.90 Å². The Hall–Kier alpha value is -3.12. The Morgan fingerprint density at radius 1 is 1.27 bits per heavy atom. The van der Waals surface area contributed by atoms with Gasteiger partial charge in [-0.2, -0.15) is 4.98 Å². The summed E-state index contributed by atoms with van der Waals surface area (Å²) >= 11 is 0. The van der Waals surface area contributed by atoms with Crippen LogP contribution in [0.2, 0.25) is 0 Å². The van der Waals surface area contributed by atoms with Crippen LogP contribution in [-0.2, 0) is 9.53 Å². The first kappa shape index (κ1) is 23.1. The summed E-state index contributed by atoms with van der Waals surface area (Å²) in [7, 11) is 0. The van der Waals surface area contributed by atoms with Gasteiger partial charge in [0.1, 0.15) is 5.69 Å². The van der Waals surface area contributed by atoms with Crippen LogP contribution in [0.4, 0.5) is 22.1 Å². The van der Waals surface area contributed by atoms with Gasteiger partial charge >= 0.3 is 0 Å². The lowest BCUT2D eigenvalue weighted by atomic mass is 9.89. The third-order valence-electron chi connectivity index (χ3n) is 6.00. The molecule has 0 spiro atoms. The lowest BCUT2D eigenvalue weighted by molar-refractivity contribution is -0.133. The number of nitrogen functional groups attached to an aromatic ring is 1. The van der Waals surface area contributed by atoms with Gasteiger partial charge in [0.05, 0.1) is 25.4 Å². The standard InChI is InChI=1S/C21H29FN8O3/c1-2-15(32)30-5-3-4-21(12-30,13-31)28-18-16(22)17(14-10-24-19(23)25-11-14)26-20(27-18)29-6-8-33-9-7-29/h10-11,31H,2-9,12-13H2,1H3,(H2,23,24,25)(H,26,27,28)/t21-/m0/s1. The molecule has 0 radical (unpaired) electrons. The topological polar surface area (TPSA) is 143 Å². The van der Waals surface area contributed by atoms with Gasteiger partial charge in [0.25, 0.3) is 0 Å². The largest absolute Gasteiger partial charge is 0.394 e. The van der Waals surface area contributed by atoms with Crippen molar-refractivity contribution >= 4 is 23.6 Å². The Labute approximate surface area is 191 Å². The second kappa shape index (κ2) is 9.79. The first-order valence-electron chi connectivity index (χ1n) is 11.1. The van der Waals surface area contributed by atoms with Crippen LogP contribution in [-0.4, -0.2) is 87.4 Å². The van der Waals surface area contributed by atoms with Crippen molar-refractivity contribution in [1.82, 2.24) is 24.8 Å². The van der Waals surface area contributed by atoms with Gasteiger partial charge in [0, 0.05) is 50.6 Å². The maximum atomic E-state index is 15.7. The molecule has 4 rings (SSSR count). The number of hydrogen-bond acceptors (Lipinski definition) is 10. The summed E-state index contributed by atoms with van der Waals surface area (Å²) < 4.78 is 21.1. The van der Waals surface area contributed by atoms with Gasteiger partial charge in [0.15, 0.2) is 11.6 Å². The van der Waals surface area contributed by atoms with Crippen molar-refractivity contribution in [3.8, 4) is 11.3 Å². The molecule has 0 unspecified atom stereocenters. The number of likely N-dealkylation sites (tertiary alicyclic amines) is 1. The zero-order valence-corrected chi connectivity index (χ0v) is 18.6. The molecule has 0 saturated carbocycles. The molecule has 33 heavy (non-hydrogen) atoms. The Balaban J connectivity index is 1.73. The second-order valence-corrected chi connectivity index (χ2v) is 8.30. The number of aliphatic hydroxyl groups is 1. The molecule has 2 saturated heterocycles. The zero-order valence-electron chi connectivity index (χ0n) is 18.6. The first-order valence-corrected chi connectivity index (χ1v) is 11.1. The predicted molar refractivity (Wildman–Crippen MR) is 120 cm³/mol. The Bertz CT molecular complexity index is 986. The first-order chi connectivity index (χ1) is 15.9. The molecule has 4 N–H and O–H groups in total. The summed E-state index contributed by atoms with van der Waals surface area (Å²) in [6.07, 6.45) is 4.43. The third kappa shape index (κ3) is 4.96. The smallest absolute Gasteiger partial charge is 0.228 e. The highest BCUT2D eigenvalue weighted by atomic mass is 19.1. The number of rotatable bonds is 6. The SMILES string of the molecule is CCC(=O)N1CCC[C@](CO)(Nc2nc(N3CCOCC3)nc(-c3cnc(N)nc3)c2F)C1. The van der Waals surface area contributed by atoms with Gasteiger partial charge in [-0.3, -0.25) is 4.79 Å². The highest BCUT2D eigenvalue weighted by molar-refractivity contribution is 5.76. The van der Waals surface area contributed by atoms with Crippen LogP contribution >= 0.6 is 0 Å². The van der Waals surface area contributed by atoms with Gasteiger partial charge in [-0.05, 0) is 12.8 Å². The number of nitrogens with zero attached hydrogens (tertiary/aromatic N) is 6. The van der Waals surface area contributed by atoms with Crippen LogP contribution in [0.5, 0.6) is 0 Å². The van der Waals surface area contributed by atoms with Crippen LogP contribution in [0.15, 0.2) is 12.4 Å². The van der Waals surface area contributed by atoms with E-state index in [9.17, 15) is 9.90 Å². The van der Waals surface area contributed by atoms with Crippen molar-refractivity contribution in [3.05, 3.63) is 18.2 Å². The van der Waals surface area contributed by atoms with E-state index < -0.39 is 11.4 Å². The van der Waals surface area contributed by atoms with Crippen molar-refractivity contribution in [2.45, 2.75) is 31.7 Å². The van der Waals surface area contributed by atoms with Crippen molar-refractivity contribution in [2.24, 2.45) is 0 Å². The minimum absolute atomic E-state index is 0.00815. The number of ether oxygens (including phenoxy) is 1. The lowest BCUT2D eigenvalue weighted by Crippen LogP contribution is -2.57. The third-order valence-corrected chi connectivity index (χ3v) is 6.00. The number of hydrogen-bond donors (Lipinski definition) is 3. The van der Waals surface area contributed by atoms with Crippen LogP contribution < -0.4 is 16.0 Å². The average molecular weight is 461 g/mol. The molecule has 12 heteroatoms. The fraction of sp³-hybridized carbons (Fsp3) is 0.571. The summed E-state index contributed by atoms with van der Waals surface area (Å²) in [5, 5.41) is 13.4. The van der Waals surface area contributed by atoms with E-state index in [2.05, 4.69) is 25.3 Å². The molecular formula is C21H29FN8O3. The number of aromatic nitrogens is 4. The van der Waals surface area contributed by atoms with Gasteiger partial charge in [-0.1, -0.05) is 6.92 Å². The Morgan fingerprint density at radius 3 is 2.67 bits per heavy atom. The monoisotopic (exact) mass is 460 g/mol. The van der Waals surface area contributed by atoms with E-state index in [1.54, 1.807) is 11.8 Å². The molecule has 11 nitrogen and oxygen atoms in total. The minimum Gasteiger partial charge on any atom is -0.394 e. The molecular weight excluding hydrogens is 431 g/mol. The van der Waals surface area contributed by atoms with E-state index >= 15 is 4.39 Å². The molecule has 0 bridgehead atoms. The number of carbonyl (C=O) groups excluding carboxylic acids is 1. The zero-order chi connectivity index (χ0) is 23.4. The quantitative estimate of drug-likeness (QED) is 0.563. The highest BCUT2D eigenvalue weighted by Gasteiger charge is 2.38.